The van der Waals surface area contributed by atoms with Crippen molar-refractivity contribution in [2.24, 2.45) is 0 Å². The van der Waals surface area contributed by atoms with E-state index in [1.54, 1.807) is 7.11 Å². The standard InChI is InChI=1S/C16H17NO/c1-12-7-6-10-14(17)16(12)15(18-2)11-13-8-4-3-5-9-13/h3-11H,17H2,1-2H3. The van der Waals surface area contributed by atoms with Crippen molar-refractivity contribution in [1.29, 1.82) is 0 Å². The van der Waals surface area contributed by atoms with E-state index in [2.05, 4.69) is 0 Å². The highest BCUT2D eigenvalue weighted by Crippen LogP contribution is 2.27. The SMILES string of the molecule is COC(=Cc1ccccc1)c1c(C)cccc1N. The van der Waals surface area contributed by atoms with Crippen LogP contribution in [0.5, 0.6) is 0 Å². The van der Waals surface area contributed by atoms with Crippen LogP contribution >= 0.6 is 0 Å². The molecule has 0 amide bonds. The van der Waals surface area contributed by atoms with Gasteiger partial charge in [-0.15, -0.1) is 0 Å². The molecule has 0 radical (unpaired) electrons. The van der Waals surface area contributed by atoms with Gasteiger partial charge in [-0.25, -0.2) is 0 Å². The Balaban J connectivity index is 2.49. The number of nitrogen functional groups attached to an aromatic ring is 1. The average molecular weight is 239 g/mol. The summed E-state index contributed by atoms with van der Waals surface area (Å²) in [5, 5.41) is 0. The Hall–Kier alpha value is -2.22. The summed E-state index contributed by atoms with van der Waals surface area (Å²) >= 11 is 0. The predicted octanol–water partition coefficient (Wildman–Crippen LogP) is 3.72. The molecule has 18 heavy (non-hydrogen) atoms. The summed E-state index contributed by atoms with van der Waals surface area (Å²) in [6.07, 6.45) is 2.00. The Labute approximate surface area is 108 Å². The number of ether oxygens (including phenoxy) is 1. The lowest BCUT2D eigenvalue weighted by Gasteiger charge is -2.12. The summed E-state index contributed by atoms with van der Waals surface area (Å²) < 4.78 is 5.48. The number of hydrogen-bond acceptors (Lipinski definition) is 2. The van der Waals surface area contributed by atoms with Gasteiger partial charge >= 0.3 is 0 Å². The summed E-state index contributed by atoms with van der Waals surface area (Å²) in [6, 6.07) is 15.9. The van der Waals surface area contributed by atoms with E-state index in [-0.39, 0.29) is 0 Å². The van der Waals surface area contributed by atoms with Crippen molar-refractivity contribution in [2.75, 3.05) is 12.8 Å². The van der Waals surface area contributed by atoms with Gasteiger partial charge in [0.2, 0.25) is 0 Å². The van der Waals surface area contributed by atoms with Crippen molar-refractivity contribution in [1.82, 2.24) is 0 Å². The smallest absolute Gasteiger partial charge is 0.129 e. The zero-order valence-electron chi connectivity index (χ0n) is 10.7. The highest BCUT2D eigenvalue weighted by Gasteiger charge is 2.09. The number of aryl methyl sites for hydroxylation is 1. The summed E-state index contributed by atoms with van der Waals surface area (Å²) in [5.74, 6) is 0.789. The number of rotatable bonds is 3. The van der Waals surface area contributed by atoms with E-state index in [1.165, 1.54) is 0 Å². The van der Waals surface area contributed by atoms with Crippen LogP contribution in [0.4, 0.5) is 5.69 Å². The lowest BCUT2D eigenvalue weighted by molar-refractivity contribution is 0.372. The molecule has 0 saturated heterocycles. The molecule has 2 N–H and O–H groups in total. The van der Waals surface area contributed by atoms with Crippen molar-refractivity contribution >= 4 is 17.5 Å². The lowest BCUT2D eigenvalue weighted by Crippen LogP contribution is -1.98. The Morgan fingerprint density at radius 2 is 1.78 bits per heavy atom. The molecule has 0 bridgehead atoms. The second kappa shape index (κ2) is 5.41. The zero-order valence-corrected chi connectivity index (χ0v) is 10.7. The van der Waals surface area contributed by atoms with Gasteiger partial charge in [0.1, 0.15) is 5.76 Å². The highest BCUT2D eigenvalue weighted by atomic mass is 16.5. The maximum atomic E-state index is 6.03. The Morgan fingerprint density at radius 1 is 1.06 bits per heavy atom. The molecule has 2 nitrogen and oxygen atoms in total. The minimum Gasteiger partial charge on any atom is -0.496 e. The monoisotopic (exact) mass is 239 g/mol. The largest absolute Gasteiger partial charge is 0.496 e. The minimum absolute atomic E-state index is 0.735. The Morgan fingerprint density at radius 3 is 2.39 bits per heavy atom. The quantitative estimate of drug-likeness (QED) is 0.503. The van der Waals surface area contributed by atoms with Crippen LogP contribution < -0.4 is 5.73 Å². The van der Waals surface area contributed by atoms with Crippen molar-refractivity contribution in [3.63, 3.8) is 0 Å². The highest BCUT2D eigenvalue weighted by molar-refractivity contribution is 5.84. The number of benzene rings is 2. The third kappa shape index (κ3) is 2.54. The molecule has 0 unspecified atom stereocenters. The van der Waals surface area contributed by atoms with Gasteiger partial charge in [0, 0.05) is 11.3 Å². The second-order valence-corrected chi connectivity index (χ2v) is 4.16. The molecule has 2 rings (SSSR count). The molecule has 0 aliphatic heterocycles. The molecule has 0 aliphatic carbocycles. The Bertz CT molecular complexity index is 538. The van der Waals surface area contributed by atoms with E-state index in [9.17, 15) is 0 Å². The summed E-state index contributed by atoms with van der Waals surface area (Å²) in [5.41, 5.74) is 9.93. The first-order valence-corrected chi connectivity index (χ1v) is 5.88. The Kier molecular flexibility index (Phi) is 3.68. The van der Waals surface area contributed by atoms with Gasteiger partial charge in [-0.2, -0.15) is 0 Å². The van der Waals surface area contributed by atoms with E-state index < -0.39 is 0 Å². The molecular weight excluding hydrogens is 222 g/mol. The van der Waals surface area contributed by atoms with Crippen molar-refractivity contribution in [2.45, 2.75) is 6.92 Å². The first-order valence-electron chi connectivity index (χ1n) is 5.88. The number of anilines is 1. The van der Waals surface area contributed by atoms with Gasteiger partial charge < -0.3 is 10.5 Å². The molecule has 0 saturated carbocycles. The molecular formula is C16H17NO. The van der Waals surface area contributed by atoms with Crippen molar-refractivity contribution in [3.05, 3.63) is 65.2 Å². The number of nitrogens with two attached hydrogens (primary N) is 1. The molecule has 0 fully saturated rings. The number of methoxy groups -OCH3 is 1. The van der Waals surface area contributed by atoms with Gasteiger partial charge in [-0.05, 0) is 30.2 Å². The molecule has 2 heteroatoms. The van der Waals surface area contributed by atoms with E-state index in [0.717, 1.165) is 28.1 Å². The van der Waals surface area contributed by atoms with Gasteiger partial charge in [-0.1, -0.05) is 42.5 Å². The summed E-state index contributed by atoms with van der Waals surface area (Å²) in [7, 11) is 1.67. The maximum absolute atomic E-state index is 6.03. The molecule has 0 heterocycles. The van der Waals surface area contributed by atoms with Gasteiger partial charge in [0.15, 0.2) is 0 Å². The van der Waals surface area contributed by atoms with Gasteiger partial charge in [-0.3, -0.25) is 0 Å². The van der Waals surface area contributed by atoms with Crippen LogP contribution in [0.2, 0.25) is 0 Å². The zero-order chi connectivity index (χ0) is 13.0. The molecule has 0 aliphatic rings. The molecule has 2 aromatic carbocycles. The molecule has 0 spiro atoms. The first-order chi connectivity index (χ1) is 8.72. The van der Waals surface area contributed by atoms with Crippen LogP contribution in [-0.4, -0.2) is 7.11 Å². The topological polar surface area (TPSA) is 35.2 Å². The molecule has 2 aromatic rings. The third-order valence-electron chi connectivity index (χ3n) is 2.87. The van der Waals surface area contributed by atoms with E-state index >= 15 is 0 Å². The van der Waals surface area contributed by atoms with Crippen LogP contribution in [0.15, 0.2) is 48.5 Å². The van der Waals surface area contributed by atoms with E-state index in [1.807, 2.05) is 61.5 Å². The lowest BCUT2D eigenvalue weighted by atomic mass is 10.0. The number of hydrogen-bond donors (Lipinski definition) is 1. The molecule has 92 valence electrons. The predicted molar refractivity (Wildman–Crippen MR) is 76.9 cm³/mol. The van der Waals surface area contributed by atoms with Gasteiger partial charge in [0.25, 0.3) is 0 Å². The van der Waals surface area contributed by atoms with Crippen LogP contribution in [-0.2, 0) is 4.74 Å². The average Bonchev–Trinajstić information content (AvgIpc) is 2.38. The summed E-state index contributed by atoms with van der Waals surface area (Å²) in [4.78, 5) is 0. The van der Waals surface area contributed by atoms with Crippen molar-refractivity contribution in [3.8, 4) is 0 Å². The van der Waals surface area contributed by atoms with E-state index in [0.29, 0.717) is 0 Å². The van der Waals surface area contributed by atoms with Crippen LogP contribution in [0.1, 0.15) is 16.7 Å². The second-order valence-electron chi connectivity index (χ2n) is 4.16. The molecule has 0 aromatic heterocycles. The molecule has 0 atom stereocenters. The van der Waals surface area contributed by atoms with Crippen LogP contribution in [0.25, 0.3) is 11.8 Å². The fourth-order valence-electron chi connectivity index (χ4n) is 1.96. The van der Waals surface area contributed by atoms with Crippen LogP contribution in [0, 0.1) is 6.92 Å². The first kappa shape index (κ1) is 12.2. The van der Waals surface area contributed by atoms with Gasteiger partial charge in [0.05, 0.1) is 7.11 Å². The summed E-state index contributed by atoms with van der Waals surface area (Å²) in [6.45, 7) is 2.03. The van der Waals surface area contributed by atoms with Crippen LogP contribution in [0.3, 0.4) is 0 Å². The van der Waals surface area contributed by atoms with Crippen molar-refractivity contribution < 1.29 is 4.74 Å². The van der Waals surface area contributed by atoms with E-state index in [4.69, 9.17) is 10.5 Å². The maximum Gasteiger partial charge on any atom is 0.129 e. The fourth-order valence-corrected chi connectivity index (χ4v) is 1.96. The minimum atomic E-state index is 0.735. The third-order valence-corrected chi connectivity index (χ3v) is 2.87. The normalized spacial score (nSPS) is 11.3. The fraction of sp³-hybridized carbons (Fsp3) is 0.125.